The first-order chi connectivity index (χ1) is 31.7. The maximum Gasteiger partial charge on any atom is 0.0541 e. The average molecular weight is 815 g/mol. The molecule has 0 saturated heterocycles. The molecule has 0 amide bonds. The summed E-state index contributed by atoms with van der Waals surface area (Å²) >= 11 is 0. The Bertz CT molecular complexity index is 3640. The summed E-state index contributed by atoms with van der Waals surface area (Å²) in [5.74, 6) is 0. The van der Waals surface area contributed by atoms with E-state index in [1.54, 1.807) is 0 Å². The van der Waals surface area contributed by atoms with Crippen molar-refractivity contribution in [1.29, 1.82) is 0 Å². The molecule has 0 aliphatic heterocycles. The minimum absolute atomic E-state index is 1.09. The van der Waals surface area contributed by atoms with E-state index >= 15 is 0 Å². The van der Waals surface area contributed by atoms with Gasteiger partial charge in [-0.05, 0) is 133 Å². The van der Waals surface area contributed by atoms with Crippen LogP contribution in [-0.2, 0) is 0 Å². The van der Waals surface area contributed by atoms with Crippen LogP contribution in [0, 0.1) is 0 Å². The third-order valence-corrected chi connectivity index (χ3v) is 12.8. The molecule has 2 nitrogen and oxygen atoms in total. The summed E-state index contributed by atoms with van der Waals surface area (Å²) in [6, 6.07) is 92.6. The first kappa shape index (κ1) is 37.3. The molecular weight excluding hydrogens is 773 g/mol. The molecule has 0 N–H and O–H groups in total. The number of fused-ring (bicyclic) bond motifs is 6. The van der Waals surface area contributed by atoms with Gasteiger partial charge in [-0.3, -0.25) is 0 Å². The monoisotopic (exact) mass is 814 g/mol. The molecule has 64 heavy (non-hydrogen) atoms. The van der Waals surface area contributed by atoms with E-state index in [0.717, 1.165) is 22.7 Å². The van der Waals surface area contributed by atoms with Crippen molar-refractivity contribution in [3.05, 3.63) is 255 Å². The van der Waals surface area contributed by atoms with E-state index in [1.165, 1.54) is 87.9 Å². The lowest BCUT2D eigenvalue weighted by Gasteiger charge is -2.27. The Morgan fingerprint density at radius 3 is 1.58 bits per heavy atom. The van der Waals surface area contributed by atoms with Gasteiger partial charge in [-0.25, -0.2) is 0 Å². The molecule has 0 saturated carbocycles. The van der Waals surface area contributed by atoms with Crippen LogP contribution < -0.4 is 4.90 Å². The third-order valence-electron chi connectivity index (χ3n) is 12.8. The van der Waals surface area contributed by atoms with Gasteiger partial charge in [0.05, 0.1) is 11.0 Å². The van der Waals surface area contributed by atoms with Gasteiger partial charge < -0.3 is 9.47 Å². The number of hydrogen-bond donors (Lipinski definition) is 0. The Morgan fingerprint density at radius 2 is 0.797 bits per heavy atom. The predicted molar refractivity (Wildman–Crippen MR) is 272 cm³/mol. The average Bonchev–Trinajstić information content (AvgIpc) is 3.71. The summed E-state index contributed by atoms with van der Waals surface area (Å²) in [4.78, 5) is 2.38. The van der Waals surface area contributed by atoms with Crippen molar-refractivity contribution >= 4 is 60.4 Å². The molecule has 11 aromatic carbocycles. The molecule has 0 radical (unpaired) electrons. The Kier molecular flexibility index (Phi) is 9.20. The van der Waals surface area contributed by atoms with Crippen molar-refractivity contribution in [3.8, 4) is 50.2 Å². The maximum atomic E-state index is 2.38. The van der Waals surface area contributed by atoms with Gasteiger partial charge in [-0.2, -0.15) is 0 Å². The lowest BCUT2D eigenvalue weighted by Crippen LogP contribution is -2.10. The van der Waals surface area contributed by atoms with Crippen LogP contribution in [0.1, 0.15) is 0 Å². The van der Waals surface area contributed by atoms with Crippen molar-refractivity contribution in [2.24, 2.45) is 0 Å². The van der Waals surface area contributed by atoms with Crippen molar-refractivity contribution in [2.75, 3.05) is 4.90 Å². The fourth-order valence-electron chi connectivity index (χ4n) is 9.76. The highest BCUT2D eigenvalue weighted by atomic mass is 15.1. The summed E-state index contributed by atoms with van der Waals surface area (Å²) in [5.41, 5.74) is 16.4. The molecule has 0 fully saturated rings. The molecule has 0 unspecified atom stereocenters. The minimum atomic E-state index is 1.09. The van der Waals surface area contributed by atoms with Crippen molar-refractivity contribution < 1.29 is 0 Å². The van der Waals surface area contributed by atoms with Gasteiger partial charge in [-0.15, -0.1) is 0 Å². The summed E-state index contributed by atoms with van der Waals surface area (Å²) in [6.45, 7) is 0. The summed E-state index contributed by atoms with van der Waals surface area (Å²) in [6.07, 6.45) is 0. The molecule has 300 valence electrons. The highest BCUT2D eigenvalue weighted by molar-refractivity contribution is 6.12. The van der Waals surface area contributed by atoms with Crippen molar-refractivity contribution in [2.45, 2.75) is 0 Å². The fourth-order valence-corrected chi connectivity index (χ4v) is 9.76. The number of aromatic nitrogens is 1. The van der Waals surface area contributed by atoms with E-state index in [-0.39, 0.29) is 0 Å². The Morgan fingerprint density at radius 1 is 0.250 bits per heavy atom. The van der Waals surface area contributed by atoms with Crippen LogP contribution in [0.5, 0.6) is 0 Å². The van der Waals surface area contributed by atoms with Gasteiger partial charge in [0.1, 0.15) is 0 Å². The number of para-hydroxylation sites is 2. The molecule has 0 aliphatic rings. The van der Waals surface area contributed by atoms with Gasteiger partial charge in [0, 0.05) is 33.5 Å². The summed E-state index contributed by atoms with van der Waals surface area (Å²) in [5, 5.41) is 7.56. The second-order valence-corrected chi connectivity index (χ2v) is 16.5. The first-order valence-electron chi connectivity index (χ1n) is 22.0. The number of benzene rings is 11. The number of anilines is 3. The van der Waals surface area contributed by atoms with Crippen LogP contribution in [0.4, 0.5) is 17.1 Å². The van der Waals surface area contributed by atoms with E-state index in [2.05, 4.69) is 264 Å². The minimum Gasteiger partial charge on any atom is -0.310 e. The quantitative estimate of drug-likeness (QED) is 0.139. The van der Waals surface area contributed by atoms with Gasteiger partial charge in [0.25, 0.3) is 0 Å². The zero-order valence-electron chi connectivity index (χ0n) is 35.1. The Labute approximate surface area is 373 Å². The van der Waals surface area contributed by atoms with Crippen LogP contribution in [-0.4, -0.2) is 4.57 Å². The topological polar surface area (TPSA) is 8.17 Å². The standard InChI is InChI=1S/C62H42N2/c1-3-15-44(16-4-1)53-22-9-10-24-56(53)48-18-13-21-52(41-48)63(51-37-31-46(32-38-51)55-26-14-27-57-54-23-8-7-17-45(54)33-39-58(55)57)50-35-29-43(30-36-50)47-34-40-62-60(42-47)59-25-11-12-28-61(59)64(62)49-19-5-2-6-20-49/h1-42H. The van der Waals surface area contributed by atoms with Gasteiger partial charge in [0.2, 0.25) is 0 Å². The molecule has 1 aromatic heterocycles. The van der Waals surface area contributed by atoms with Crippen LogP contribution in [0.15, 0.2) is 255 Å². The smallest absolute Gasteiger partial charge is 0.0541 e. The van der Waals surface area contributed by atoms with Crippen molar-refractivity contribution in [1.82, 2.24) is 4.57 Å². The van der Waals surface area contributed by atoms with Gasteiger partial charge >= 0.3 is 0 Å². The van der Waals surface area contributed by atoms with Crippen LogP contribution in [0.3, 0.4) is 0 Å². The first-order valence-corrected chi connectivity index (χ1v) is 22.0. The molecule has 0 aliphatic carbocycles. The SMILES string of the molecule is c1ccc(-c2ccccc2-c2cccc(N(c3ccc(-c4ccc5c(c4)c4ccccc4n5-c4ccccc4)cc3)c3ccc(-c4cccc5c4ccc4ccccc45)cc3)c2)cc1. The molecule has 2 heteroatoms. The van der Waals surface area contributed by atoms with E-state index in [4.69, 9.17) is 0 Å². The summed E-state index contributed by atoms with van der Waals surface area (Å²) < 4.78 is 2.37. The second-order valence-electron chi connectivity index (χ2n) is 16.5. The molecule has 0 spiro atoms. The van der Waals surface area contributed by atoms with E-state index in [9.17, 15) is 0 Å². The molecule has 0 atom stereocenters. The highest BCUT2D eigenvalue weighted by Gasteiger charge is 2.18. The molecule has 12 rings (SSSR count). The van der Waals surface area contributed by atoms with Crippen molar-refractivity contribution in [3.63, 3.8) is 0 Å². The van der Waals surface area contributed by atoms with E-state index < -0.39 is 0 Å². The summed E-state index contributed by atoms with van der Waals surface area (Å²) in [7, 11) is 0. The van der Waals surface area contributed by atoms with Crippen LogP contribution in [0.25, 0.3) is 93.5 Å². The Balaban J connectivity index is 0.961. The molecule has 0 bridgehead atoms. The lowest BCUT2D eigenvalue weighted by atomic mass is 9.94. The number of nitrogens with zero attached hydrogens (tertiary/aromatic N) is 2. The number of hydrogen-bond acceptors (Lipinski definition) is 1. The van der Waals surface area contributed by atoms with E-state index in [0.29, 0.717) is 0 Å². The second kappa shape index (κ2) is 15.8. The normalized spacial score (nSPS) is 11.4. The molecule has 1 heterocycles. The molecular formula is C62H42N2. The number of rotatable bonds is 8. The third kappa shape index (κ3) is 6.52. The van der Waals surface area contributed by atoms with Gasteiger partial charge in [0.15, 0.2) is 0 Å². The fraction of sp³-hybridized carbons (Fsp3) is 0. The predicted octanol–water partition coefficient (Wildman–Crippen LogP) is 17.2. The zero-order chi connectivity index (χ0) is 42.4. The van der Waals surface area contributed by atoms with Crippen LogP contribution in [0.2, 0.25) is 0 Å². The lowest BCUT2D eigenvalue weighted by molar-refractivity contribution is 1.18. The molecule has 12 aromatic rings. The maximum absolute atomic E-state index is 2.38. The Hall–Kier alpha value is -8.46. The zero-order valence-corrected chi connectivity index (χ0v) is 35.1. The largest absolute Gasteiger partial charge is 0.310 e. The van der Waals surface area contributed by atoms with E-state index in [1.807, 2.05) is 0 Å². The van der Waals surface area contributed by atoms with Gasteiger partial charge in [-0.1, -0.05) is 188 Å². The van der Waals surface area contributed by atoms with Crippen LogP contribution >= 0.6 is 0 Å². The highest BCUT2D eigenvalue weighted by Crippen LogP contribution is 2.42.